The maximum Gasteiger partial charge on any atom is 2.00 e. The number of fused-ring (bicyclic) bond motifs is 3. The number of hydrogen-bond acceptors (Lipinski definition) is 8. The minimum atomic E-state index is -0.892. The SMILES string of the molecule is CC(C)(C)OC(=O)CN(CCNC(=O)OCC1c2ccccc2-c2ccccc21)C(=O)Cn1cc(N(C[C]2[CH][CH][CH][CH]2)C(=O)c2ccccc2)c(=O)[nH]c1=O.[CH]1[CH][CH][CH][CH]1.[Fe+2]. The number of benzene rings is 3. The molecular weight excluding hydrogens is 818 g/mol. The van der Waals surface area contributed by atoms with E-state index in [1.165, 1.54) is 4.90 Å². The second kappa shape index (κ2) is 21.9. The zero-order chi connectivity index (χ0) is 42.6. The van der Waals surface area contributed by atoms with Crippen molar-refractivity contribution in [2.45, 2.75) is 38.8 Å². The van der Waals surface area contributed by atoms with Crippen molar-refractivity contribution in [2.24, 2.45) is 0 Å². The monoisotopic (exact) mass is 865 g/mol. The molecule has 1 aromatic heterocycles. The Balaban J connectivity index is 0.00000109. The molecule has 10 radical (unpaired) electrons. The number of rotatable bonds is 13. The van der Waals surface area contributed by atoms with Crippen molar-refractivity contribution in [3.63, 3.8) is 0 Å². The summed E-state index contributed by atoms with van der Waals surface area (Å²) in [5, 5.41) is 2.65. The zero-order valence-electron chi connectivity index (χ0n) is 34.1. The second-order valence-corrected chi connectivity index (χ2v) is 15.1. The van der Waals surface area contributed by atoms with E-state index in [1.807, 2.05) is 80.6 Å². The molecule has 314 valence electrons. The van der Waals surface area contributed by atoms with E-state index in [1.54, 1.807) is 76.8 Å². The summed E-state index contributed by atoms with van der Waals surface area (Å²) in [6.07, 6.45) is 17.6. The van der Waals surface area contributed by atoms with E-state index in [0.717, 1.165) is 43.8 Å². The van der Waals surface area contributed by atoms with Gasteiger partial charge >= 0.3 is 34.8 Å². The van der Waals surface area contributed by atoms with E-state index in [-0.39, 0.29) is 54.9 Å². The maximum absolute atomic E-state index is 13.8. The summed E-state index contributed by atoms with van der Waals surface area (Å²) in [6.45, 7) is 3.87. The first kappa shape index (κ1) is 46.6. The molecule has 0 atom stereocenters. The average Bonchev–Trinajstić information content (AvgIpc) is 4.03. The van der Waals surface area contributed by atoms with Gasteiger partial charge in [-0.3, -0.25) is 28.7 Å². The molecule has 13 nitrogen and oxygen atoms in total. The van der Waals surface area contributed by atoms with Crippen LogP contribution in [0.1, 0.15) is 48.2 Å². The van der Waals surface area contributed by atoms with Crippen molar-refractivity contribution < 1.29 is 45.7 Å². The van der Waals surface area contributed by atoms with Gasteiger partial charge in [0.1, 0.15) is 31.0 Å². The Hall–Kier alpha value is -5.46. The first-order valence-corrected chi connectivity index (χ1v) is 19.5. The number of alkyl carbamates (subject to hydrolysis) is 1. The number of ether oxygens (including phenoxy) is 2. The number of esters is 1. The molecule has 0 unspecified atom stereocenters. The molecule has 0 spiro atoms. The maximum atomic E-state index is 13.8. The molecule has 14 heteroatoms. The minimum absolute atomic E-state index is 0. The van der Waals surface area contributed by atoms with Gasteiger partial charge in [-0.1, -0.05) is 66.7 Å². The van der Waals surface area contributed by atoms with E-state index in [2.05, 4.69) is 10.3 Å². The number of carbonyl (C=O) groups is 4. The summed E-state index contributed by atoms with van der Waals surface area (Å²) in [5.74, 6) is -1.28. The molecule has 0 bridgehead atoms. The molecule has 4 aromatic rings. The number of amides is 3. The third-order valence-corrected chi connectivity index (χ3v) is 9.57. The van der Waals surface area contributed by atoms with Crippen molar-refractivity contribution in [1.29, 1.82) is 0 Å². The number of anilines is 1. The van der Waals surface area contributed by atoms with Crippen molar-refractivity contribution >= 4 is 29.6 Å². The molecule has 1 heterocycles. The van der Waals surface area contributed by atoms with Gasteiger partial charge in [0.05, 0.1) is 0 Å². The van der Waals surface area contributed by atoms with E-state index in [9.17, 15) is 28.8 Å². The summed E-state index contributed by atoms with van der Waals surface area (Å²) in [7, 11) is 0. The zero-order valence-corrected chi connectivity index (χ0v) is 35.2. The van der Waals surface area contributed by atoms with Gasteiger partial charge in [0.15, 0.2) is 0 Å². The van der Waals surface area contributed by atoms with Crippen LogP contribution in [0.2, 0.25) is 0 Å². The average molecular weight is 866 g/mol. The Bertz CT molecular complexity index is 2190. The number of aromatic amines is 1. The summed E-state index contributed by atoms with van der Waals surface area (Å²) >= 11 is 0. The van der Waals surface area contributed by atoms with Crippen LogP contribution in [-0.4, -0.2) is 76.7 Å². The Labute approximate surface area is 367 Å². The first-order chi connectivity index (χ1) is 28.9. The number of carbonyl (C=O) groups excluding carboxylic acids is 4. The minimum Gasteiger partial charge on any atom is -0.459 e. The molecule has 3 aliphatic rings. The normalized spacial score (nSPS) is 14.4. The molecule has 2 N–H and O–H groups in total. The predicted octanol–water partition coefficient (Wildman–Crippen LogP) is 5.32. The summed E-state index contributed by atoms with van der Waals surface area (Å²) in [6, 6.07) is 24.3. The third-order valence-electron chi connectivity index (χ3n) is 9.57. The number of H-pyrrole nitrogens is 1. The van der Waals surface area contributed by atoms with Gasteiger partial charge in [-0.05, 0) is 113 Å². The molecular formula is C47H47FeN5O8+2. The molecule has 3 aliphatic carbocycles. The van der Waals surface area contributed by atoms with E-state index >= 15 is 0 Å². The third kappa shape index (κ3) is 12.8. The van der Waals surface area contributed by atoms with Gasteiger partial charge in [0.2, 0.25) is 5.91 Å². The molecule has 0 saturated heterocycles. The second-order valence-electron chi connectivity index (χ2n) is 15.1. The smallest absolute Gasteiger partial charge is 0.459 e. The Kier molecular flexibility index (Phi) is 16.7. The van der Waals surface area contributed by atoms with E-state index in [4.69, 9.17) is 9.47 Å². The molecule has 7 rings (SSSR count). The van der Waals surface area contributed by atoms with Crippen LogP contribution >= 0.6 is 0 Å². The van der Waals surface area contributed by atoms with Crippen LogP contribution in [-0.2, 0) is 42.7 Å². The fourth-order valence-electron chi connectivity index (χ4n) is 6.84. The number of nitrogens with one attached hydrogen (secondary N) is 2. The standard InChI is InChI=1S/C42H42N5O8.C5H5.Fe/c1-42(2,3)55-37(49)26-45(22-21-43-41(53)54-27-34-32-19-11-9-17-30(32)31-18-10-12-20-33(31)34)36(48)25-46-24-35(38(50)44-40(46)52)47(23-28-13-7-8-14-28)39(51)29-15-5-4-6-16-29;1-2-4-5-3-1;/h4-20,24,34H,21-23,25-27H2,1-3H3,(H,43,53)(H,44,50,52);1-5H;/q;;+2. The van der Waals surface area contributed by atoms with Gasteiger partial charge in [-0.25, -0.2) is 9.59 Å². The van der Waals surface area contributed by atoms with Gasteiger partial charge in [-0.15, -0.1) is 0 Å². The van der Waals surface area contributed by atoms with Gasteiger partial charge in [0, 0.05) is 43.2 Å². The number of aromatic nitrogens is 2. The number of nitrogens with zero attached hydrogens (tertiary/aromatic N) is 3. The van der Waals surface area contributed by atoms with Crippen LogP contribution < -0.4 is 21.5 Å². The van der Waals surface area contributed by atoms with Crippen molar-refractivity contribution in [1.82, 2.24) is 19.8 Å². The Morgan fingerprint density at radius 3 is 1.95 bits per heavy atom. The first-order valence-electron chi connectivity index (χ1n) is 19.5. The van der Waals surface area contributed by atoms with Gasteiger partial charge in [0.25, 0.3) is 11.5 Å². The molecule has 61 heavy (non-hydrogen) atoms. The van der Waals surface area contributed by atoms with Crippen molar-refractivity contribution in [2.75, 3.05) is 37.7 Å². The number of hydrogen-bond donors (Lipinski definition) is 2. The van der Waals surface area contributed by atoms with Crippen LogP contribution in [0.5, 0.6) is 0 Å². The Morgan fingerprint density at radius 2 is 1.36 bits per heavy atom. The van der Waals surface area contributed by atoms with Crippen LogP contribution in [0.15, 0.2) is 94.6 Å². The van der Waals surface area contributed by atoms with Crippen LogP contribution in [0.4, 0.5) is 10.5 Å². The summed E-state index contributed by atoms with van der Waals surface area (Å²) < 4.78 is 12.0. The molecule has 2 saturated carbocycles. The van der Waals surface area contributed by atoms with Crippen LogP contribution in [0, 0.1) is 63.7 Å². The topological polar surface area (TPSA) is 160 Å². The van der Waals surface area contributed by atoms with E-state index < -0.39 is 53.8 Å². The largest absolute Gasteiger partial charge is 2.00 e. The fourth-order valence-corrected chi connectivity index (χ4v) is 6.84. The molecule has 2 fully saturated rings. The van der Waals surface area contributed by atoms with Gasteiger partial charge in [-0.2, -0.15) is 0 Å². The van der Waals surface area contributed by atoms with Crippen LogP contribution in [0.25, 0.3) is 11.1 Å². The summed E-state index contributed by atoms with van der Waals surface area (Å²) in [4.78, 5) is 84.1. The van der Waals surface area contributed by atoms with Crippen molar-refractivity contribution in [3.8, 4) is 11.1 Å². The van der Waals surface area contributed by atoms with E-state index in [0.29, 0.717) is 5.56 Å². The van der Waals surface area contributed by atoms with Crippen molar-refractivity contribution in [3.05, 3.63) is 186 Å². The predicted molar refractivity (Wildman–Crippen MR) is 227 cm³/mol. The fraction of sp³-hybridized carbons (Fsp3) is 0.234. The molecule has 0 aliphatic heterocycles. The van der Waals surface area contributed by atoms with Crippen LogP contribution in [0.3, 0.4) is 0 Å². The molecule has 3 amide bonds. The Morgan fingerprint density at radius 1 is 0.787 bits per heavy atom. The quantitative estimate of drug-likeness (QED) is 0.135. The molecule has 3 aromatic carbocycles. The van der Waals surface area contributed by atoms with Gasteiger partial charge < -0.3 is 24.6 Å². The summed E-state index contributed by atoms with van der Waals surface area (Å²) in [5.41, 5.74) is 1.91.